The fraction of sp³-hybridized carbons (Fsp3) is 0.273. The van der Waals surface area contributed by atoms with Crippen molar-refractivity contribution in [1.29, 1.82) is 0 Å². The number of aryl methyl sites for hydroxylation is 1. The first-order valence-corrected chi connectivity index (χ1v) is 14.5. The van der Waals surface area contributed by atoms with Gasteiger partial charge in [-0.2, -0.15) is 5.11 Å². The number of nitrogens with one attached hydrogen (secondary N) is 1. The van der Waals surface area contributed by atoms with Crippen molar-refractivity contribution in [2.45, 2.75) is 20.8 Å². The smallest absolute Gasteiger partial charge is 0.330 e. The maximum atomic E-state index is 11.5. The number of hydrogen-bond donors (Lipinski definition) is 1. The topological polar surface area (TPSA) is 154 Å². The number of azo groups is 1. The molecule has 0 fully saturated rings. The van der Waals surface area contributed by atoms with Crippen molar-refractivity contribution in [3.05, 3.63) is 95.6 Å². The van der Waals surface area contributed by atoms with Crippen LogP contribution in [-0.4, -0.2) is 56.4 Å². The van der Waals surface area contributed by atoms with Gasteiger partial charge in [0.05, 0.1) is 42.6 Å². The fourth-order valence-corrected chi connectivity index (χ4v) is 4.15. The largest absolute Gasteiger partial charge is 0.492 e. The summed E-state index contributed by atoms with van der Waals surface area (Å²) in [6, 6.07) is 15.1. The summed E-state index contributed by atoms with van der Waals surface area (Å²) in [6.45, 7) is 14.1. The monoisotopic (exact) mass is 631 g/mol. The molecule has 0 aliphatic heterocycles. The second kappa shape index (κ2) is 17.5. The van der Waals surface area contributed by atoms with Crippen molar-refractivity contribution < 1.29 is 33.5 Å². The highest BCUT2D eigenvalue weighted by molar-refractivity contribution is 5.81. The average molecular weight is 632 g/mol. The summed E-state index contributed by atoms with van der Waals surface area (Å²) in [6.07, 6.45) is 2.19. The molecule has 0 bridgehead atoms. The maximum absolute atomic E-state index is 11.5. The van der Waals surface area contributed by atoms with Gasteiger partial charge in [0, 0.05) is 47.8 Å². The molecular formula is C33H37N5O8. The molecular weight excluding hydrogens is 594 g/mol. The number of carbonyl (C=O) groups excluding carboxylic acids is 2. The molecule has 0 saturated carbocycles. The van der Waals surface area contributed by atoms with Gasteiger partial charge in [-0.15, -0.1) is 5.11 Å². The molecule has 0 saturated heterocycles. The predicted molar refractivity (Wildman–Crippen MR) is 175 cm³/mol. The predicted octanol–water partition coefficient (Wildman–Crippen LogP) is 7.12. The van der Waals surface area contributed by atoms with E-state index in [1.54, 1.807) is 30.3 Å². The summed E-state index contributed by atoms with van der Waals surface area (Å²) < 4.78 is 22.0. The van der Waals surface area contributed by atoms with Gasteiger partial charge in [-0.1, -0.05) is 13.2 Å². The number of hydrogen-bond acceptors (Lipinski definition) is 12. The molecule has 0 aliphatic rings. The Bertz CT molecular complexity index is 1550. The molecule has 0 radical (unpaired) electrons. The van der Waals surface area contributed by atoms with E-state index in [4.69, 9.17) is 18.9 Å². The lowest BCUT2D eigenvalue weighted by molar-refractivity contribution is -0.384. The van der Waals surface area contributed by atoms with E-state index in [2.05, 4.69) is 28.7 Å². The van der Waals surface area contributed by atoms with Crippen LogP contribution in [0.25, 0.3) is 0 Å². The van der Waals surface area contributed by atoms with E-state index in [-0.39, 0.29) is 18.9 Å². The second-order valence-electron chi connectivity index (χ2n) is 9.51. The minimum Gasteiger partial charge on any atom is -0.492 e. The zero-order valence-corrected chi connectivity index (χ0v) is 26.1. The number of nitrogens with zero attached hydrogens (tertiary/aromatic N) is 4. The molecule has 0 aliphatic carbocycles. The number of benzene rings is 3. The van der Waals surface area contributed by atoms with Crippen LogP contribution in [0.4, 0.5) is 34.1 Å². The van der Waals surface area contributed by atoms with Crippen molar-refractivity contribution in [2.24, 2.45) is 10.2 Å². The van der Waals surface area contributed by atoms with Gasteiger partial charge in [0.2, 0.25) is 0 Å². The molecule has 242 valence electrons. The third-order valence-electron chi connectivity index (χ3n) is 6.37. The van der Waals surface area contributed by atoms with Crippen LogP contribution in [0.1, 0.15) is 19.4 Å². The molecule has 0 unspecified atom stereocenters. The number of carbonyl (C=O) groups is 2. The number of nitro benzene ring substituents is 1. The van der Waals surface area contributed by atoms with Gasteiger partial charge in [-0.25, -0.2) is 9.59 Å². The Labute approximate surface area is 267 Å². The molecule has 46 heavy (non-hydrogen) atoms. The summed E-state index contributed by atoms with van der Waals surface area (Å²) in [5.41, 5.74) is 3.88. The van der Waals surface area contributed by atoms with Crippen molar-refractivity contribution in [3.8, 4) is 11.5 Å². The number of ether oxygens (including phenoxy) is 4. The number of anilines is 3. The Hall–Kier alpha value is -5.72. The summed E-state index contributed by atoms with van der Waals surface area (Å²) >= 11 is 0. The van der Waals surface area contributed by atoms with Crippen LogP contribution in [0, 0.1) is 17.0 Å². The second-order valence-corrected chi connectivity index (χ2v) is 9.51. The van der Waals surface area contributed by atoms with Crippen LogP contribution in [0.3, 0.4) is 0 Å². The van der Waals surface area contributed by atoms with E-state index in [0.717, 1.165) is 23.4 Å². The zero-order valence-electron chi connectivity index (χ0n) is 26.1. The molecule has 1 N–H and O–H groups in total. The van der Waals surface area contributed by atoms with Gasteiger partial charge < -0.3 is 29.2 Å². The van der Waals surface area contributed by atoms with E-state index in [1.807, 2.05) is 37.8 Å². The highest BCUT2D eigenvalue weighted by Gasteiger charge is 2.15. The van der Waals surface area contributed by atoms with E-state index in [9.17, 15) is 19.7 Å². The van der Waals surface area contributed by atoms with E-state index in [1.165, 1.54) is 12.1 Å². The molecule has 3 aromatic carbocycles. The third kappa shape index (κ3) is 10.2. The number of non-ortho nitro benzene ring substituents is 1. The quantitative estimate of drug-likeness (QED) is 0.0504. The van der Waals surface area contributed by atoms with Crippen LogP contribution in [0.15, 0.2) is 90.1 Å². The Morgan fingerprint density at radius 1 is 0.870 bits per heavy atom. The normalized spacial score (nSPS) is 10.6. The molecule has 3 aromatic rings. The first-order valence-electron chi connectivity index (χ1n) is 14.5. The molecule has 3 rings (SSSR count). The van der Waals surface area contributed by atoms with Crippen LogP contribution in [0.5, 0.6) is 11.5 Å². The summed E-state index contributed by atoms with van der Waals surface area (Å²) in [7, 11) is 0. The summed E-state index contributed by atoms with van der Waals surface area (Å²) in [5.74, 6) is -0.101. The molecule has 0 atom stereocenters. The van der Waals surface area contributed by atoms with Crippen LogP contribution in [-0.2, 0) is 19.1 Å². The lowest BCUT2D eigenvalue weighted by atomic mass is 10.1. The van der Waals surface area contributed by atoms with Gasteiger partial charge in [-0.3, -0.25) is 10.1 Å². The Morgan fingerprint density at radius 3 is 2.00 bits per heavy atom. The van der Waals surface area contributed by atoms with Crippen LogP contribution >= 0.6 is 0 Å². The highest BCUT2D eigenvalue weighted by Crippen LogP contribution is 2.41. The fourth-order valence-electron chi connectivity index (χ4n) is 4.15. The number of rotatable bonds is 18. The van der Waals surface area contributed by atoms with E-state index in [0.29, 0.717) is 60.6 Å². The summed E-state index contributed by atoms with van der Waals surface area (Å²) in [5, 5.41) is 23.2. The zero-order chi connectivity index (χ0) is 33.5. The third-order valence-corrected chi connectivity index (χ3v) is 6.37. The van der Waals surface area contributed by atoms with Gasteiger partial charge in [0.15, 0.2) is 0 Å². The van der Waals surface area contributed by atoms with Gasteiger partial charge >= 0.3 is 11.9 Å². The highest BCUT2D eigenvalue weighted by atomic mass is 16.6. The molecule has 0 amide bonds. The van der Waals surface area contributed by atoms with Gasteiger partial charge in [0.1, 0.15) is 30.4 Å². The molecule has 0 aromatic heterocycles. The molecule has 13 heteroatoms. The lowest BCUT2D eigenvalue weighted by Crippen LogP contribution is -2.32. The number of nitro groups is 1. The summed E-state index contributed by atoms with van der Waals surface area (Å²) in [4.78, 5) is 35.5. The van der Waals surface area contributed by atoms with Crippen LogP contribution < -0.4 is 19.7 Å². The SMILES string of the molecule is C=CC(=O)OCCN(CCOC(=O)C=C)c1ccc(N=Nc2cc(OCC)c(Nc3ccc([N+](=O)[O-])cc3)cc2OCC)c(C)c1. The lowest BCUT2D eigenvalue weighted by Gasteiger charge is -2.25. The minimum atomic E-state index is -0.529. The Morgan fingerprint density at radius 2 is 1.46 bits per heavy atom. The van der Waals surface area contributed by atoms with Gasteiger partial charge in [0.25, 0.3) is 5.69 Å². The van der Waals surface area contributed by atoms with Crippen molar-refractivity contribution in [2.75, 3.05) is 49.7 Å². The molecule has 0 heterocycles. The first kappa shape index (κ1) is 34.8. The van der Waals surface area contributed by atoms with Crippen molar-refractivity contribution in [3.63, 3.8) is 0 Å². The van der Waals surface area contributed by atoms with Crippen molar-refractivity contribution in [1.82, 2.24) is 0 Å². The average Bonchev–Trinajstić information content (AvgIpc) is 3.05. The van der Waals surface area contributed by atoms with E-state index >= 15 is 0 Å². The maximum Gasteiger partial charge on any atom is 0.330 e. The Kier molecular flexibility index (Phi) is 13.3. The first-order chi connectivity index (χ1) is 22.2. The van der Waals surface area contributed by atoms with Crippen molar-refractivity contribution >= 4 is 46.1 Å². The molecule has 0 spiro atoms. The van der Waals surface area contributed by atoms with Gasteiger partial charge in [-0.05, 0) is 56.7 Å². The molecule has 13 nitrogen and oxygen atoms in total. The standard InChI is InChI=1S/C33H37N5O8/c1-6-32(39)45-18-16-37(17-19-46-33(40)7-2)26-14-15-27(23(5)20-26)35-36-29-22-30(43-8-3)28(21-31(29)44-9-4)34-24-10-12-25(13-11-24)38(41)42/h6-7,10-15,20-22,34H,1-2,8-9,16-19H2,3-5H3. The van der Waals surface area contributed by atoms with Crippen LogP contribution in [0.2, 0.25) is 0 Å². The van der Waals surface area contributed by atoms with E-state index < -0.39 is 16.9 Å². The minimum absolute atomic E-state index is 0.0135. The number of esters is 2. The Balaban J connectivity index is 1.86.